The molecule has 0 unspecified atom stereocenters. The van der Waals surface area contributed by atoms with E-state index in [1.807, 2.05) is 6.07 Å². The van der Waals surface area contributed by atoms with Crippen LogP contribution in [0, 0.1) is 11.3 Å². The molecule has 0 radical (unpaired) electrons. The number of nitrogens with zero attached hydrogens (tertiary/aromatic N) is 2. The molecule has 0 aliphatic heterocycles. The molecular formula is C15H21N3. The van der Waals surface area contributed by atoms with Crippen LogP contribution in [0.1, 0.15) is 55.8 Å². The standard InChI is InChI=1S/C15H21N3/c1-2-9-17-15-13(11-16)10-12-7-5-3-4-6-8-14(12)18-15/h10H,2-9H2,1H3,(H,17,18). The first-order valence-electron chi connectivity index (χ1n) is 7.02. The van der Waals surface area contributed by atoms with E-state index in [-0.39, 0.29) is 0 Å². The van der Waals surface area contributed by atoms with Crippen LogP contribution in [0.3, 0.4) is 0 Å². The number of hydrogen-bond acceptors (Lipinski definition) is 3. The first-order valence-corrected chi connectivity index (χ1v) is 7.02. The van der Waals surface area contributed by atoms with Crippen molar-refractivity contribution in [1.29, 1.82) is 5.26 Å². The van der Waals surface area contributed by atoms with Crippen molar-refractivity contribution < 1.29 is 0 Å². The molecule has 1 aromatic rings. The number of fused-ring (bicyclic) bond motifs is 1. The third kappa shape index (κ3) is 3.01. The van der Waals surface area contributed by atoms with Gasteiger partial charge in [0, 0.05) is 12.2 Å². The minimum absolute atomic E-state index is 0.697. The molecule has 2 rings (SSSR count). The van der Waals surface area contributed by atoms with Crippen molar-refractivity contribution in [2.24, 2.45) is 0 Å². The second-order valence-electron chi connectivity index (χ2n) is 4.94. The number of aromatic nitrogens is 1. The van der Waals surface area contributed by atoms with E-state index >= 15 is 0 Å². The minimum atomic E-state index is 0.697. The number of nitrogens with one attached hydrogen (secondary N) is 1. The zero-order valence-electron chi connectivity index (χ0n) is 11.1. The minimum Gasteiger partial charge on any atom is -0.369 e. The molecule has 0 saturated carbocycles. The normalized spacial score (nSPS) is 15.1. The molecule has 0 aromatic carbocycles. The molecule has 1 aliphatic rings. The van der Waals surface area contributed by atoms with E-state index in [0.29, 0.717) is 5.56 Å². The second kappa shape index (κ2) is 6.39. The Labute approximate surface area is 109 Å². The topological polar surface area (TPSA) is 48.7 Å². The van der Waals surface area contributed by atoms with Crippen molar-refractivity contribution >= 4 is 5.82 Å². The van der Waals surface area contributed by atoms with E-state index in [2.05, 4.69) is 23.3 Å². The molecule has 0 bridgehead atoms. The summed E-state index contributed by atoms with van der Waals surface area (Å²) in [5.41, 5.74) is 3.18. The first kappa shape index (κ1) is 12.9. The number of rotatable bonds is 3. The van der Waals surface area contributed by atoms with Gasteiger partial charge in [-0.2, -0.15) is 5.26 Å². The highest BCUT2D eigenvalue weighted by Crippen LogP contribution is 2.23. The van der Waals surface area contributed by atoms with Crippen molar-refractivity contribution in [3.05, 3.63) is 22.9 Å². The Bertz CT molecular complexity index is 446. The molecule has 0 fully saturated rings. The molecule has 3 nitrogen and oxygen atoms in total. The highest BCUT2D eigenvalue weighted by Gasteiger charge is 2.13. The summed E-state index contributed by atoms with van der Waals surface area (Å²) in [6.45, 7) is 2.99. The molecule has 0 spiro atoms. The maximum absolute atomic E-state index is 9.22. The zero-order chi connectivity index (χ0) is 12.8. The summed E-state index contributed by atoms with van der Waals surface area (Å²) in [6.07, 6.45) is 8.23. The van der Waals surface area contributed by atoms with Gasteiger partial charge in [-0.15, -0.1) is 0 Å². The average molecular weight is 243 g/mol. The van der Waals surface area contributed by atoms with Crippen LogP contribution >= 0.6 is 0 Å². The molecule has 1 aliphatic carbocycles. The van der Waals surface area contributed by atoms with Gasteiger partial charge in [0.1, 0.15) is 11.9 Å². The fourth-order valence-corrected chi connectivity index (χ4v) is 2.45. The van der Waals surface area contributed by atoms with Crippen LogP contribution in [0.15, 0.2) is 6.07 Å². The monoisotopic (exact) mass is 243 g/mol. The van der Waals surface area contributed by atoms with E-state index in [1.54, 1.807) is 0 Å². The third-order valence-corrected chi connectivity index (χ3v) is 3.46. The van der Waals surface area contributed by atoms with E-state index in [9.17, 15) is 5.26 Å². The summed E-state index contributed by atoms with van der Waals surface area (Å²) in [6, 6.07) is 4.31. The van der Waals surface area contributed by atoms with Crippen LogP contribution in [-0.4, -0.2) is 11.5 Å². The average Bonchev–Trinajstić information content (AvgIpc) is 2.37. The van der Waals surface area contributed by atoms with Gasteiger partial charge in [-0.25, -0.2) is 4.98 Å². The number of hydrogen-bond donors (Lipinski definition) is 1. The maximum atomic E-state index is 9.22. The lowest BCUT2D eigenvalue weighted by Gasteiger charge is -2.15. The number of aryl methyl sites for hydroxylation is 2. The molecule has 96 valence electrons. The first-order chi connectivity index (χ1) is 8.85. The quantitative estimate of drug-likeness (QED) is 0.884. The summed E-state index contributed by atoms with van der Waals surface area (Å²) in [5.74, 6) is 0.777. The summed E-state index contributed by atoms with van der Waals surface area (Å²) in [5, 5.41) is 12.5. The van der Waals surface area contributed by atoms with E-state index < -0.39 is 0 Å². The lowest BCUT2D eigenvalue weighted by molar-refractivity contribution is 0.609. The highest BCUT2D eigenvalue weighted by atomic mass is 15.0. The van der Waals surface area contributed by atoms with Crippen LogP contribution < -0.4 is 5.32 Å². The van der Waals surface area contributed by atoms with Crippen molar-refractivity contribution in [3.8, 4) is 6.07 Å². The molecule has 1 aromatic heterocycles. The molecule has 0 saturated heterocycles. The Kier molecular flexibility index (Phi) is 4.58. The Morgan fingerprint density at radius 1 is 1.28 bits per heavy atom. The van der Waals surface area contributed by atoms with Crippen LogP contribution in [0.4, 0.5) is 5.82 Å². The summed E-state index contributed by atoms with van der Waals surface area (Å²) in [4.78, 5) is 4.69. The predicted molar refractivity (Wildman–Crippen MR) is 73.6 cm³/mol. The fraction of sp³-hybridized carbons (Fsp3) is 0.600. The molecule has 0 atom stereocenters. The van der Waals surface area contributed by atoms with Crippen LogP contribution in [0.25, 0.3) is 0 Å². The smallest absolute Gasteiger partial charge is 0.144 e. The van der Waals surface area contributed by atoms with E-state index in [4.69, 9.17) is 0 Å². The van der Waals surface area contributed by atoms with Crippen molar-refractivity contribution in [2.45, 2.75) is 51.9 Å². The summed E-state index contributed by atoms with van der Waals surface area (Å²) in [7, 11) is 0. The molecule has 3 heteroatoms. The maximum Gasteiger partial charge on any atom is 0.144 e. The van der Waals surface area contributed by atoms with E-state index in [1.165, 1.54) is 36.9 Å². The number of anilines is 1. The van der Waals surface area contributed by atoms with Gasteiger partial charge in [0.05, 0.1) is 5.56 Å². The molecule has 1 N–H and O–H groups in total. The van der Waals surface area contributed by atoms with Crippen molar-refractivity contribution in [3.63, 3.8) is 0 Å². The Balaban J connectivity index is 2.30. The molecule has 0 amide bonds. The van der Waals surface area contributed by atoms with Gasteiger partial charge >= 0.3 is 0 Å². The van der Waals surface area contributed by atoms with Gasteiger partial charge in [0.2, 0.25) is 0 Å². The van der Waals surface area contributed by atoms with Gasteiger partial charge in [0.25, 0.3) is 0 Å². The Morgan fingerprint density at radius 3 is 2.78 bits per heavy atom. The van der Waals surface area contributed by atoms with Crippen LogP contribution in [0.5, 0.6) is 0 Å². The number of nitriles is 1. The van der Waals surface area contributed by atoms with E-state index in [0.717, 1.165) is 31.6 Å². The lowest BCUT2D eigenvalue weighted by Crippen LogP contribution is -2.09. The number of pyridine rings is 1. The lowest BCUT2D eigenvalue weighted by atomic mass is 9.96. The molecule has 1 heterocycles. The van der Waals surface area contributed by atoms with Gasteiger partial charge in [-0.3, -0.25) is 0 Å². The highest BCUT2D eigenvalue weighted by molar-refractivity contribution is 5.54. The van der Waals surface area contributed by atoms with Crippen LogP contribution in [-0.2, 0) is 12.8 Å². The summed E-state index contributed by atoms with van der Waals surface area (Å²) >= 11 is 0. The zero-order valence-corrected chi connectivity index (χ0v) is 11.1. The van der Waals surface area contributed by atoms with Crippen molar-refractivity contribution in [1.82, 2.24) is 4.98 Å². The molecular weight excluding hydrogens is 222 g/mol. The van der Waals surface area contributed by atoms with Crippen molar-refractivity contribution in [2.75, 3.05) is 11.9 Å². The largest absolute Gasteiger partial charge is 0.369 e. The SMILES string of the molecule is CCCNc1nc2c(cc1C#N)CCCCCC2. The molecule has 18 heavy (non-hydrogen) atoms. The third-order valence-electron chi connectivity index (χ3n) is 3.46. The van der Waals surface area contributed by atoms with Gasteiger partial charge < -0.3 is 5.32 Å². The Hall–Kier alpha value is -1.56. The van der Waals surface area contributed by atoms with Crippen LogP contribution in [0.2, 0.25) is 0 Å². The summed E-state index contributed by atoms with van der Waals surface area (Å²) < 4.78 is 0. The van der Waals surface area contributed by atoms with Gasteiger partial charge in [-0.1, -0.05) is 19.8 Å². The van der Waals surface area contributed by atoms with Gasteiger partial charge in [0.15, 0.2) is 0 Å². The predicted octanol–water partition coefficient (Wildman–Crippen LogP) is 3.43. The second-order valence-corrected chi connectivity index (χ2v) is 4.94. The fourth-order valence-electron chi connectivity index (χ4n) is 2.45. The van der Waals surface area contributed by atoms with Gasteiger partial charge in [-0.05, 0) is 43.7 Å². The Morgan fingerprint density at radius 2 is 2.06 bits per heavy atom.